The Morgan fingerprint density at radius 3 is 2.39 bits per heavy atom. The Morgan fingerprint density at radius 2 is 1.94 bits per heavy atom. The Balaban J connectivity index is 2.23. The monoisotopic (exact) mass is 245 g/mol. The van der Waals surface area contributed by atoms with Crippen LogP contribution < -0.4 is 5.73 Å². The summed E-state index contributed by atoms with van der Waals surface area (Å²) < 4.78 is 1.82. The van der Waals surface area contributed by atoms with E-state index in [9.17, 15) is 4.79 Å². The van der Waals surface area contributed by atoms with Crippen molar-refractivity contribution in [3.05, 3.63) is 46.8 Å². The van der Waals surface area contributed by atoms with Crippen molar-refractivity contribution in [2.75, 3.05) is 5.73 Å². The van der Waals surface area contributed by atoms with Gasteiger partial charge in [-0.2, -0.15) is 5.10 Å². The highest BCUT2D eigenvalue weighted by molar-refractivity contribution is 5.87. The number of nitrogens with zero attached hydrogens (tertiary/aromatic N) is 2. The lowest BCUT2D eigenvalue weighted by molar-refractivity contribution is 0.0697. The molecule has 0 aliphatic carbocycles. The lowest BCUT2D eigenvalue weighted by atomic mass is 10.1. The van der Waals surface area contributed by atoms with Crippen molar-refractivity contribution in [1.29, 1.82) is 0 Å². The highest BCUT2D eigenvalue weighted by atomic mass is 16.4. The fraction of sp³-hybridized carbons (Fsp3) is 0.231. The Labute approximate surface area is 105 Å². The van der Waals surface area contributed by atoms with Gasteiger partial charge in [-0.05, 0) is 31.5 Å². The fourth-order valence-corrected chi connectivity index (χ4v) is 1.79. The molecule has 2 aromatic rings. The minimum Gasteiger partial charge on any atom is -0.478 e. The van der Waals surface area contributed by atoms with E-state index in [2.05, 4.69) is 5.10 Å². The fourth-order valence-electron chi connectivity index (χ4n) is 1.79. The molecule has 0 aliphatic rings. The maximum Gasteiger partial charge on any atom is 0.335 e. The summed E-state index contributed by atoms with van der Waals surface area (Å²) in [4.78, 5) is 10.7. The molecular formula is C13H15N3O2. The number of nitrogens with two attached hydrogens (primary N) is 1. The zero-order valence-electron chi connectivity index (χ0n) is 10.3. The minimum absolute atomic E-state index is 0.284. The van der Waals surface area contributed by atoms with Gasteiger partial charge in [0, 0.05) is 0 Å². The van der Waals surface area contributed by atoms with E-state index in [0.717, 1.165) is 17.0 Å². The first-order chi connectivity index (χ1) is 8.49. The molecule has 0 aliphatic heterocycles. The number of nitrogen functional groups attached to an aromatic ring is 1. The molecule has 0 radical (unpaired) electrons. The second-order valence-corrected chi connectivity index (χ2v) is 4.24. The summed E-state index contributed by atoms with van der Waals surface area (Å²) in [7, 11) is 0. The summed E-state index contributed by atoms with van der Waals surface area (Å²) in [5, 5.41) is 13.2. The van der Waals surface area contributed by atoms with Crippen molar-refractivity contribution in [2.24, 2.45) is 0 Å². The molecule has 3 N–H and O–H groups in total. The zero-order chi connectivity index (χ0) is 13.3. The number of rotatable bonds is 3. The Hall–Kier alpha value is -2.30. The van der Waals surface area contributed by atoms with E-state index in [4.69, 9.17) is 10.8 Å². The Morgan fingerprint density at radius 1 is 1.33 bits per heavy atom. The third-order valence-electron chi connectivity index (χ3n) is 2.97. The lowest BCUT2D eigenvalue weighted by Gasteiger charge is -2.05. The smallest absolute Gasteiger partial charge is 0.335 e. The number of benzene rings is 1. The average Bonchev–Trinajstić information content (AvgIpc) is 2.58. The molecule has 0 unspecified atom stereocenters. The second kappa shape index (κ2) is 4.52. The van der Waals surface area contributed by atoms with Crippen molar-refractivity contribution in [1.82, 2.24) is 9.78 Å². The molecule has 1 heterocycles. The third-order valence-corrected chi connectivity index (χ3v) is 2.97. The molecule has 94 valence electrons. The normalized spacial score (nSPS) is 10.6. The first-order valence-electron chi connectivity index (χ1n) is 5.60. The summed E-state index contributed by atoms with van der Waals surface area (Å²) in [5.74, 6) is -0.920. The van der Waals surface area contributed by atoms with E-state index in [1.54, 1.807) is 24.3 Å². The predicted octanol–water partition coefficient (Wildman–Crippen LogP) is 1.83. The summed E-state index contributed by atoms with van der Waals surface area (Å²) in [6.07, 6.45) is 0. The number of aromatic carboxylic acids is 1. The summed E-state index contributed by atoms with van der Waals surface area (Å²) >= 11 is 0. The van der Waals surface area contributed by atoms with Crippen LogP contribution >= 0.6 is 0 Å². The largest absolute Gasteiger partial charge is 0.478 e. The van der Waals surface area contributed by atoms with Crippen LogP contribution in [0.3, 0.4) is 0 Å². The molecule has 1 aromatic heterocycles. The van der Waals surface area contributed by atoms with Gasteiger partial charge in [0.25, 0.3) is 0 Å². The van der Waals surface area contributed by atoms with Gasteiger partial charge in [-0.1, -0.05) is 12.1 Å². The van der Waals surface area contributed by atoms with E-state index < -0.39 is 5.97 Å². The van der Waals surface area contributed by atoms with Crippen LogP contribution in [0, 0.1) is 13.8 Å². The van der Waals surface area contributed by atoms with E-state index >= 15 is 0 Å². The first-order valence-corrected chi connectivity index (χ1v) is 5.60. The van der Waals surface area contributed by atoms with E-state index in [1.807, 2.05) is 18.5 Å². The van der Waals surface area contributed by atoms with Crippen molar-refractivity contribution in [2.45, 2.75) is 20.4 Å². The predicted molar refractivity (Wildman–Crippen MR) is 68.6 cm³/mol. The molecule has 0 amide bonds. The average molecular weight is 245 g/mol. The zero-order valence-corrected chi connectivity index (χ0v) is 10.3. The number of hydrogen-bond donors (Lipinski definition) is 2. The van der Waals surface area contributed by atoms with Gasteiger partial charge >= 0.3 is 5.97 Å². The maximum absolute atomic E-state index is 10.7. The molecule has 0 saturated heterocycles. The van der Waals surface area contributed by atoms with Gasteiger partial charge in [0.05, 0.1) is 29.2 Å². The van der Waals surface area contributed by atoms with E-state index in [0.29, 0.717) is 12.2 Å². The topological polar surface area (TPSA) is 81.1 Å². The molecule has 5 heteroatoms. The molecule has 1 aromatic carbocycles. The quantitative estimate of drug-likeness (QED) is 0.864. The van der Waals surface area contributed by atoms with Gasteiger partial charge in [0.15, 0.2) is 0 Å². The van der Waals surface area contributed by atoms with Crippen LogP contribution in [-0.4, -0.2) is 20.9 Å². The van der Waals surface area contributed by atoms with Crippen LogP contribution in [0.15, 0.2) is 24.3 Å². The molecule has 0 bridgehead atoms. The van der Waals surface area contributed by atoms with Crippen LogP contribution in [0.5, 0.6) is 0 Å². The van der Waals surface area contributed by atoms with Crippen LogP contribution in [0.2, 0.25) is 0 Å². The molecule has 5 nitrogen and oxygen atoms in total. The number of aromatic nitrogens is 2. The maximum atomic E-state index is 10.7. The number of aryl methyl sites for hydroxylation is 1. The summed E-state index contributed by atoms with van der Waals surface area (Å²) in [6.45, 7) is 4.37. The van der Waals surface area contributed by atoms with Gasteiger partial charge in [0.1, 0.15) is 0 Å². The number of carboxylic acids is 1. The molecule has 0 fully saturated rings. The van der Waals surface area contributed by atoms with Crippen LogP contribution in [0.25, 0.3) is 0 Å². The van der Waals surface area contributed by atoms with Gasteiger partial charge < -0.3 is 10.8 Å². The molecule has 0 spiro atoms. The van der Waals surface area contributed by atoms with Crippen LogP contribution in [-0.2, 0) is 6.54 Å². The Kier molecular flexibility index (Phi) is 3.06. The molecule has 0 saturated carbocycles. The number of anilines is 1. The Bertz CT molecular complexity index is 585. The highest BCUT2D eigenvalue weighted by Gasteiger charge is 2.08. The molecule has 18 heavy (non-hydrogen) atoms. The number of carboxylic acid groups (broad SMARTS) is 1. The van der Waals surface area contributed by atoms with Crippen molar-refractivity contribution >= 4 is 11.7 Å². The van der Waals surface area contributed by atoms with Crippen molar-refractivity contribution < 1.29 is 9.90 Å². The van der Waals surface area contributed by atoms with Crippen molar-refractivity contribution in [3.63, 3.8) is 0 Å². The third kappa shape index (κ3) is 2.20. The summed E-state index contributed by atoms with van der Waals surface area (Å²) in [5.41, 5.74) is 9.58. The van der Waals surface area contributed by atoms with E-state index in [1.165, 1.54) is 0 Å². The number of carbonyl (C=O) groups is 1. The van der Waals surface area contributed by atoms with Gasteiger partial charge in [-0.25, -0.2) is 4.79 Å². The minimum atomic E-state index is -0.920. The molecule has 2 rings (SSSR count). The standard InChI is InChI=1S/C13H15N3O2/c1-8-12(14)9(2)16(15-8)7-10-3-5-11(6-4-10)13(17)18/h3-6H,7,14H2,1-2H3,(H,17,18). The summed E-state index contributed by atoms with van der Waals surface area (Å²) in [6, 6.07) is 6.76. The first kappa shape index (κ1) is 12.2. The van der Waals surface area contributed by atoms with Gasteiger partial charge in [-0.15, -0.1) is 0 Å². The molecular weight excluding hydrogens is 230 g/mol. The van der Waals surface area contributed by atoms with Crippen molar-refractivity contribution in [3.8, 4) is 0 Å². The lowest BCUT2D eigenvalue weighted by Crippen LogP contribution is -2.05. The van der Waals surface area contributed by atoms with E-state index in [-0.39, 0.29) is 5.56 Å². The van der Waals surface area contributed by atoms with Gasteiger partial charge in [-0.3, -0.25) is 4.68 Å². The second-order valence-electron chi connectivity index (χ2n) is 4.24. The van der Waals surface area contributed by atoms with Crippen LogP contribution in [0.1, 0.15) is 27.3 Å². The van der Waals surface area contributed by atoms with Crippen LogP contribution in [0.4, 0.5) is 5.69 Å². The highest BCUT2D eigenvalue weighted by Crippen LogP contribution is 2.16. The SMILES string of the molecule is Cc1nn(Cc2ccc(C(=O)O)cc2)c(C)c1N. The molecule has 0 atom stereocenters. The number of hydrogen-bond acceptors (Lipinski definition) is 3. The van der Waals surface area contributed by atoms with Gasteiger partial charge in [0.2, 0.25) is 0 Å².